The molecule has 1 heterocycles. The van der Waals surface area contributed by atoms with Gasteiger partial charge in [-0.1, -0.05) is 13.8 Å². The summed E-state index contributed by atoms with van der Waals surface area (Å²) in [6, 6.07) is 0. The van der Waals surface area contributed by atoms with Crippen molar-refractivity contribution in [2.45, 2.75) is 33.6 Å². The van der Waals surface area contributed by atoms with Gasteiger partial charge in [0.15, 0.2) is 0 Å². The van der Waals surface area contributed by atoms with Gasteiger partial charge in [-0.15, -0.1) is 0 Å². The minimum Gasteiger partial charge on any atom is -0.341 e. The summed E-state index contributed by atoms with van der Waals surface area (Å²) in [5.41, 5.74) is -0.209. The van der Waals surface area contributed by atoms with Crippen molar-refractivity contribution in [2.75, 3.05) is 46.8 Å². The van der Waals surface area contributed by atoms with Gasteiger partial charge in [0.1, 0.15) is 0 Å². The van der Waals surface area contributed by atoms with E-state index >= 15 is 0 Å². The molecule has 1 unspecified atom stereocenters. The Morgan fingerprint density at radius 1 is 1.32 bits per heavy atom. The Morgan fingerprint density at radius 2 is 2.00 bits per heavy atom. The van der Waals surface area contributed by atoms with Gasteiger partial charge in [-0.05, 0) is 46.3 Å². The third-order valence-electron chi connectivity index (χ3n) is 3.80. The number of likely N-dealkylation sites (N-methyl/N-ethyl adjacent to an activating group) is 1. The van der Waals surface area contributed by atoms with Crippen LogP contribution in [0.4, 0.5) is 0 Å². The van der Waals surface area contributed by atoms with Gasteiger partial charge in [0.05, 0.1) is 5.41 Å². The van der Waals surface area contributed by atoms with Gasteiger partial charge in [-0.3, -0.25) is 4.79 Å². The van der Waals surface area contributed by atoms with Crippen LogP contribution in [0, 0.1) is 11.3 Å². The molecule has 1 atom stereocenters. The smallest absolute Gasteiger partial charge is 0.229 e. The van der Waals surface area contributed by atoms with Crippen LogP contribution < -0.4 is 5.32 Å². The normalized spacial score (nSPS) is 23.9. The lowest BCUT2D eigenvalue weighted by Gasteiger charge is -2.38. The summed E-state index contributed by atoms with van der Waals surface area (Å²) in [5, 5.41) is 3.37. The standard InChI is InChI=1S/C15H31N3O/c1-13(2)11-18(10-9-17(4)5)14(19)15(3)7-6-8-16-12-15/h13,16H,6-12H2,1-5H3. The molecular formula is C15H31N3O. The Balaban J connectivity index is 2.68. The van der Waals surface area contributed by atoms with E-state index in [0.717, 1.165) is 45.6 Å². The monoisotopic (exact) mass is 269 g/mol. The number of nitrogens with one attached hydrogen (secondary N) is 1. The average molecular weight is 269 g/mol. The summed E-state index contributed by atoms with van der Waals surface area (Å²) in [5.74, 6) is 0.849. The molecule has 112 valence electrons. The Hall–Kier alpha value is -0.610. The maximum Gasteiger partial charge on any atom is 0.229 e. The first-order chi connectivity index (χ1) is 8.85. The lowest BCUT2D eigenvalue weighted by molar-refractivity contribution is -0.143. The van der Waals surface area contributed by atoms with E-state index in [1.54, 1.807) is 0 Å². The Morgan fingerprint density at radius 3 is 2.47 bits per heavy atom. The lowest BCUT2D eigenvalue weighted by atomic mass is 9.81. The molecule has 0 aromatic rings. The summed E-state index contributed by atoms with van der Waals surface area (Å²) >= 11 is 0. The van der Waals surface area contributed by atoms with Crippen LogP contribution in [0.1, 0.15) is 33.6 Å². The van der Waals surface area contributed by atoms with E-state index in [1.165, 1.54) is 0 Å². The molecule has 1 amide bonds. The first-order valence-corrected chi connectivity index (χ1v) is 7.50. The van der Waals surface area contributed by atoms with E-state index in [0.29, 0.717) is 11.8 Å². The molecule has 0 radical (unpaired) electrons. The third-order valence-corrected chi connectivity index (χ3v) is 3.80. The van der Waals surface area contributed by atoms with Crippen LogP contribution in [0.5, 0.6) is 0 Å². The Bertz CT molecular complexity index is 283. The molecule has 0 aromatic heterocycles. The number of hydrogen-bond acceptors (Lipinski definition) is 3. The van der Waals surface area contributed by atoms with E-state index < -0.39 is 0 Å². The minimum absolute atomic E-state index is 0.209. The van der Waals surface area contributed by atoms with E-state index in [9.17, 15) is 4.79 Å². The predicted octanol–water partition coefficient (Wildman–Crippen LogP) is 1.42. The fraction of sp³-hybridized carbons (Fsp3) is 0.933. The van der Waals surface area contributed by atoms with Crippen LogP contribution in [0.2, 0.25) is 0 Å². The van der Waals surface area contributed by atoms with Crippen molar-refractivity contribution < 1.29 is 4.79 Å². The summed E-state index contributed by atoms with van der Waals surface area (Å²) in [7, 11) is 4.11. The molecule has 1 saturated heterocycles. The van der Waals surface area contributed by atoms with E-state index in [2.05, 4.69) is 50.0 Å². The average Bonchev–Trinajstić information content (AvgIpc) is 2.34. The van der Waals surface area contributed by atoms with Crippen molar-refractivity contribution in [1.29, 1.82) is 0 Å². The van der Waals surface area contributed by atoms with Gasteiger partial charge in [0, 0.05) is 26.2 Å². The zero-order valence-corrected chi connectivity index (χ0v) is 13.3. The molecule has 0 spiro atoms. The highest BCUT2D eigenvalue weighted by Gasteiger charge is 2.37. The SMILES string of the molecule is CC(C)CN(CCN(C)C)C(=O)C1(C)CCCNC1. The molecule has 1 rings (SSSR count). The molecule has 1 aliphatic heterocycles. The molecule has 19 heavy (non-hydrogen) atoms. The summed E-state index contributed by atoms with van der Waals surface area (Å²) in [6.45, 7) is 11.0. The van der Waals surface area contributed by atoms with Crippen molar-refractivity contribution in [1.82, 2.24) is 15.1 Å². The van der Waals surface area contributed by atoms with Crippen LogP contribution in [-0.2, 0) is 4.79 Å². The van der Waals surface area contributed by atoms with Crippen molar-refractivity contribution in [3.8, 4) is 0 Å². The first-order valence-electron chi connectivity index (χ1n) is 7.50. The first kappa shape index (κ1) is 16.4. The Kier molecular flexibility index (Phi) is 6.27. The van der Waals surface area contributed by atoms with E-state index in [1.807, 2.05) is 0 Å². The van der Waals surface area contributed by atoms with Crippen LogP contribution in [0.15, 0.2) is 0 Å². The molecule has 4 heteroatoms. The van der Waals surface area contributed by atoms with Crippen molar-refractivity contribution in [3.63, 3.8) is 0 Å². The van der Waals surface area contributed by atoms with Gasteiger partial charge in [-0.2, -0.15) is 0 Å². The maximum absolute atomic E-state index is 12.8. The fourth-order valence-electron chi connectivity index (χ4n) is 2.66. The topological polar surface area (TPSA) is 35.6 Å². The van der Waals surface area contributed by atoms with E-state index in [-0.39, 0.29) is 5.41 Å². The summed E-state index contributed by atoms with van der Waals surface area (Å²) in [6.07, 6.45) is 2.11. The third kappa shape index (κ3) is 5.11. The molecule has 0 bridgehead atoms. The minimum atomic E-state index is -0.209. The largest absolute Gasteiger partial charge is 0.341 e. The highest BCUT2D eigenvalue weighted by atomic mass is 16.2. The zero-order chi connectivity index (χ0) is 14.5. The van der Waals surface area contributed by atoms with Gasteiger partial charge in [-0.25, -0.2) is 0 Å². The molecule has 4 nitrogen and oxygen atoms in total. The highest BCUT2D eigenvalue weighted by Crippen LogP contribution is 2.28. The summed E-state index contributed by atoms with van der Waals surface area (Å²) < 4.78 is 0. The molecule has 0 saturated carbocycles. The van der Waals surface area contributed by atoms with Crippen molar-refractivity contribution in [2.24, 2.45) is 11.3 Å². The van der Waals surface area contributed by atoms with Crippen LogP contribution in [0.3, 0.4) is 0 Å². The molecule has 0 aromatic carbocycles. The van der Waals surface area contributed by atoms with Crippen LogP contribution >= 0.6 is 0 Å². The van der Waals surface area contributed by atoms with E-state index in [4.69, 9.17) is 0 Å². The number of amides is 1. The second-order valence-corrected chi connectivity index (χ2v) is 6.79. The van der Waals surface area contributed by atoms with Crippen molar-refractivity contribution in [3.05, 3.63) is 0 Å². The second-order valence-electron chi connectivity index (χ2n) is 6.79. The second kappa shape index (κ2) is 7.25. The quantitative estimate of drug-likeness (QED) is 0.792. The fourth-order valence-corrected chi connectivity index (χ4v) is 2.66. The number of hydrogen-bond donors (Lipinski definition) is 1. The number of piperidine rings is 1. The van der Waals surface area contributed by atoms with Crippen LogP contribution in [-0.4, -0.2) is 62.5 Å². The maximum atomic E-state index is 12.8. The number of nitrogens with zero attached hydrogens (tertiary/aromatic N) is 2. The predicted molar refractivity (Wildman–Crippen MR) is 80.2 cm³/mol. The van der Waals surface area contributed by atoms with Gasteiger partial charge < -0.3 is 15.1 Å². The molecule has 0 aliphatic carbocycles. The molecular weight excluding hydrogens is 238 g/mol. The number of carbonyl (C=O) groups excluding carboxylic acids is 1. The van der Waals surface area contributed by atoms with Crippen LogP contribution in [0.25, 0.3) is 0 Å². The number of rotatable bonds is 6. The van der Waals surface area contributed by atoms with Gasteiger partial charge in [0.2, 0.25) is 5.91 Å². The lowest BCUT2D eigenvalue weighted by Crippen LogP contribution is -2.52. The van der Waals surface area contributed by atoms with Gasteiger partial charge >= 0.3 is 0 Å². The summed E-state index contributed by atoms with van der Waals surface area (Å²) in [4.78, 5) is 17.0. The molecule has 1 aliphatic rings. The molecule has 1 fully saturated rings. The van der Waals surface area contributed by atoms with Crippen molar-refractivity contribution >= 4 is 5.91 Å². The zero-order valence-electron chi connectivity index (χ0n) is 13.3. The highest BCUT2D eigenvalue weighted by molar-refractivity contribution is 5.82. The Labute approximate surface area is 118 Å². The molecule has 1 N–H and O–H groups in total. The van der Waals surface area contributed by atoms with Gasteiger partial charge in [0.25, 0.3) is 0 Å². The number of carbonyl (C=O) groups is 1.